The summed E-state index contributed by atoms with van der Waals surface area (Å²) in [5.41, 5.74) is 6.12. The minimum absolute atomic E-state index is 0.250. The van der Waals surface area contributed by atoms with Crippen LogP contribution in [0.1, 0.15) is 16.0 Å². The lowest BCUT2D eigenvalue weighted by atomic mass is 10.2. The van der Waals surface area contributed by atoms with Gasteiger partial charge >= 0.3 is 0 Å². The normalized spacial score (nSPS) is 10.2. The lowest BCUT2D eigenvalue weighted by Gasteiger charge is -2.07. The third-order valence-corrected chi connectivity index (χ3v) is 3.95. The standard InChI is InChI=1S/C17H15N3O3S/c1-12-8-9-24-15(12)6-7-16(21)19-20-17(22)11-23-14-4-2-13(10-18)3-5-14/h2-9H,11H2,1H3,(H,19,21)(H,20,22)/b7-6+. The van der Waals surface area contributed by atoms with E-state index in [-0.39, 0.29) is 6.61 Å². The van der Waals surface area contributed by atoms with E-state index in [0.29, 0.717) is 11.3 Å². The molecule has 2 N–H and O–H groups in total. The number of aryl methyl sites for hydroxylation is 1. The molecule has 7 heteroatoms. The Hall–Kier alpha value is -3.11. The molecule has 0 saturated carbocycles. The van der Waals surface area contributed by atoms with E-state index in [2.05, 4.69) is 10.9 Å². The summed E-state index contributed by atoms with van der Waals surface area (Å²) in [6.45, 7) is 1.70. The van der Waals surface area contributed by atoms with Crippen LogP contribution in [-0.4, -0.2) is 18.4 Å². The van der Waals surface area contributed by atoms with Crippen molar-refractivity contribution >= 4 is 29.2 Å². The highest BCUT2D eigenvalue weighted by molar-refractivity contribution is 7.11. The van der Waals surface area contributed by atoms with Crippen molar-refractivity contribution in [1.29, 1.82) is 5.26 Å². The van der Waals surface area contributed by atoms with Crippen LogP contribution in [0.4, 0.5) is 0 Å². The molecule has 6 nitrogen and oxygen atoms in total. The predicted molar refractivity (Wildman–Crippen MR) is 91.0 cm³/mol. The van der Waals surface area contributed by atoms with Crippen LogP contribution < -0.4 is 15.6 Å². The monoisotopic (exact) mass is 341 g/mol. The second kappa shape index (κ2) is 8.50. The van der Waals surface area contributed by atoms with Crippen LogP contribution in [0.2, 0.25) is 0 Å². The topological polar surface area (TPSA) is 91.2 Å². The first-order valence-electron chi connectivity index (χ1n) is 7.02. The summed E-state index contributed by atoms with van der Waals surface area (Å²) in [4.78, 5) is 24.2. The van der Waals surface area contributed by atoms with Gasteiger partial charge in [0.05, 0.1) is 11.6 Å². The lowest BCUT2D eigenvalue weighted by Crippen LogP contribution is -2.43. The molecule has 1 heterocycles. The molecule has 1 aromatic heterocycles. The first kappa shape index (κ1) is 17.2. The summed E-state index contributed by atoms with van der Waals surface area (Å²) >= 11 is 1.53. The summed E-state index contributed by atoms with van der Waals surface area (Å²) in [6, 6.07) is 10.3. The number of amides is 2. The summed E-state index contributed by atoms with van der Waals surface area (Å²) in [5, 5.41) is 10.6. The SMILES string of the molecule is Cc1ccsc1/C=C/C(=O)NNC(=O)COc1ccc(C#N)cc1. The number of hydrazine groups is 1. The van der Waals surface area contributed by atoms with Crippen LogP contribution in [0.15, 0.2) is 41.8 Å². The van der Waals surface area contributed by atoms with Crippen LogP contribution >= 0.6 is 11.3 Å². The molecule has 24 heavy (non-hydrogen) atoms. The minimum Gasteiger partial charge on any atom is -0.484 e. The van der Waals surface area contributed by atoms with Crippen LogP contribution in [0.3, 0.4) is 0 Å². The van der Waals surface area contributed by atoms with Gasteiger partial charge < -0.3 is 4.74 Å². The average Bonchev–Trinajstić information content (AvgIpc) is 3.01. The Morgan fingerprint density at radius 2 is 2.00 bits per heavy atom. The Kier molecular flexibility index (Phi) is 6.11. The molecule has 0 bridgehead atoms. The molecule has 0 fully saturated rings. The van der Waals surface area contributed by atoms with Gasteiger partial charge in [0.15, 0.2) is 6.61 Å². The fourth-order valence-electron chi connectivity index (χ4n) is 1.69. The van der Waals surface area contributed by atoms with Gasteiger partial charge in [0, 0.05) is 11.0 Å². The second-order valence-electron chi connectivity index (χ2n) is 4.76. The van der Waals surface area contributed by atoms with Gasteiger partial charge in [-0.25, -0.2) is 0 Å². The molecular weight excluding hydrogens is 326 g/mol. The van der Waals surface area contributed by atoms with E-state index in [4.69, 9.17) is 10.00 Å². The van der Waals surface area contributed by atoms with Gasteiger partial charge in [0.25, 0.3) is 11.8 Å². The van der Waals surface area contributed by atoms with Crippen molar-refractivity contribution in [2.45, 2.75) is 6.92 Å². The zero-order valence-electron chi connectivity index (χ0n) is 12.9. The quantitative estimate of drug-likeness (QED) is 0.644. The molecule has 0 aliphatic rings. The van der Waals surface area contributed by atoms with E-state index in [9.17, 15) is 9.59 Å². The molecule has 1 aromatic carbocycles. The summed E-state index contributed by atoms with van der Waals surface area (Å²) in [5.74, 6) is -0.466. The smallest absolute Gasteiger partial charge is 0.276 e. The molecule has 0 atom stereocenters. The van der Waals surface area contributed by atoms with E-state index >= 15 is 0 Å². The van der Waals surface area contributed by atoms with Crippen molar-refractivity contribution in [3.05, 3.63) is 57.8 Å². The highest BCUT2D eigenvalue weighted by Crippen LogP contribution is 2.16. The van der Waals surface area contributed by atoms with Gasteiger partial charge in [-0.1, -0.05) is 0 Å². The molecule has 0 aliphatic heterocycles. The molecule has 2 amide bonds. The Balaban J connectivity index is 1.72. The summed E-state index contributed by atoms with van der Waals surface area (Å²) in [6.07, 6.45) is 3.04. The Labute approximate surface area is 143 Å². The number of carbonyl (C=O) groups is 2. The van der Waals surface area contributed by atoms with Crippen molar-refractivity contribution in [1.82, 2.24) is 10.9 Å². The number of rotatable bonds is 5. The maximum absolute atomic E-state index is 11.6. The minimum atomic E-state index is -0.492. The molecular formula is C17H15N3O3S. The third kappa shape index (κ3) is 5.26. The second-order valence-corrected chi connectivity index (χ2v) is 5.71. The zero-order chi connectivity index (χ0) is 17.4. The number of nitriles is 1. The summed E-state index contributed by atoms with van der Waals surface area (Å²) < 4.78 is 5.25. The average molecular weight is 341 g/mol. The van der Waals surface area contributed by atoms with Gasteiger partial charge in [-0.2, -0.15) is 5.26 Å². The third-order valence-electron chi connectivity index (χ3n) is 2.97. The first-order valence-corrected chi connectivity index (χ1v) is 7.90. The van der Waals surface area contributed by atoms with Gasteiger partial charge in [0.1, 0.15) is 5.75 Å². The molecule has 2 aromatic rings. The number of thiophene rings is 1. The van der Waals surface area contributed by atoms with Gasteiger partial charge in [-0.05, 0) is 54.3 Å². The van der Waals surface area contributed by atoms with Crippen molar-refractivity contribution in [2.75, 3.05) is 6.61 Å². The van der Waals surface area contributed by atoms with Crippen LogP contribution in [0.25, 0.3) is 6.08 Å². The number of carbonyl (C=O) groups excluding carboxylic acids is 2. The molecule has 0 saturated heterocycles. The Bertz CT molecular complexity index is 788. The number of hydrogen-bond acceptors (Lipinski definition) is 5. The molecule has 0 aliphatic carbocycles. The first-order chi connectivity index (χ1) is 11.6. The maximum Gasteiger partial charge on any atom is 0.276 e. The molecule has 0 radical (unpaired) electrons. The fourth-order valence-corrected chi connectivity index (χ4v) is 2.51. The predicted octanol–water partition coefficient (Wildman–Crippen LogP) is 2.17. The van der Waals surface area contributed by atoms with E-state index in [1.54, 1.807) is 30.3 Å². The zero-order valence-corrected chi connectivity index (χ0v) is 13.7. The Morgan fingerprint density at radius 3 is 2.62 bits per heavy atom. The largest absolute Gasteiger partial charge is 0.484 e. The molecule has 2 rings (SSSR count). The van der Waals surface area contributed by atoms with Gasteiger partial charge in [-0.3, -0.25) is 20.4 Å². The summed E-state index contributed by atoms with van der Waals surface area (Å²) in [7, 11) is 0. The van der Waals surface area contributed by atoms with E-state index < -0.39 is 11.8 Å². The van der Waals surface area contributed by atoms with E-state index in [0.717, 1.165) is 10.4 Å². The number of nitrogens with one attached hydrogen (secondary N) is 2. The Morgan fingerprint density at radius 1 is 1.25 bits per heavy atom. The van der Waals surface area contributed by atoms with Crippen molar-refractivity contribution < 1.29 is 14.3 Å². The fraction of sp³-hybridized carbons (Fsp3) is 0.118. The van der Waals surface area contributed by atoms with Crippen LogP contribution in [-0.2, 0) is 9.59 Å². The number of ether oxygens (including phenoxy) is 1. The van der Waals surface area contributed by atoms with Crippen molar-refractivity contribution in [2.24, 2.45) is 0 Å². The maximum atomic E-state index is 11.6. The van der Waals surface area contributed by atoms with Gasteiger partial charge in [-0.15, -0.1) is 11.3 Å². The number of hydrogen-bond donors (Lipinski definition) is 2. The highest BCUT2D eigenvalue weighted by atomic mass is 32.1. The van der Waals surface area contributed by atoms with Gasteiger partial charge in [0.2, 0.25) is 0 Å². The van der Waals surface area contributed by atoms with Crippen LogP contribution in [0.5, 0.6) is 5.75 Å². The number of benzene rings is 1. The van der Waals surface area contributed by atoms with Crippen molar-refractivity contribution in [3.8, 4) is 11.8 Å². The number of nitrogens with zero attached hydrogens (tertiary/aromatic N) is 1. The van der Waals surface area contributed by atoms with E-state index in [1.165, 1.54) is 17.4 Å². The van der Waals surface area contributed by atoms with Crippen LogP contribution in [0, 0.1) is 18.3 Å². The highest BCUT2D eigenvalue weighted by Gasteiger charge is 2.04. The van der Waals surface area contributed by atoms with E-state index in [1.807, 2.05) is 24.4 Å². The molecule has 0 spiro atoms. The molecule has 122 valence electrons. The molecule has 0 unspecified atom stereocenters. The van der Waals surface area contributed by atoms with Crippen molar-refractivity contribution in [3.63, 3.8) is 0 Å². The lowest BCUT2D eigenvalue weighted by molar-refractivity contribution is -0.128.